The summed E-state index contributed by atoms with van der Waals surface area (Å²) in [5.41, 5.74) is 2.95. The van der Waals surface area contributed by atoms with Crippen molar-refractivity contribution in [1.82, 2.24) is 20.0 Å². The SMILES string of the molecule is CC(C)Cn1nc(C(=O)N2CCOCC2)c2c1CC[C@@H](NCc1cccc(F)c1F)C2. The van der Waals surface area contributed by atoms with Gasteiger partial charge in [0.25, 0.3) is 5.91 Å². The molecule has 31 heavy (non-hydrogen) atoms. The Morgan fingerprint density at radius 2 is 2.06 bits per heavy atom. The Bertz CT molecular complexity index is 938. The summed E-state index contributed by atoms with van der Waals surface area (Å²) in [5, 5.41) is 8.09. The predicted molar refractivity (Wildman–Crippen MR) is 113 cm³/mol. The van der Waals surface area contributed by atoms with Gasteiger partial charge < -0.3 is 15.0 Å². The van der Waals surface area contributed by atoms with E-state index in [4.69, 9.17) is 9.84 Å². The highest BCUT2D eigenvalue weighted by molar-refractivity contribution is 5.94. The van der Waals surface area contributed by atoms with Crippen LogP contribution in [0.4, 0.5) is 8.78 Å². The number of fused-ring (bicyclic) bond motifs is 1. The zero-order chi connectivity index (χ0) is 22.0. The first kappa shape index (κ1) is 21.9. The molecule has 1 fully saturated rings. The monoisotopic (exact) mass is 432 g/mol. The number of nitrogens with one attached hydrogen (secondary N) is 1. The molecule has 1 amide bonds. The third-order valence-electron chi connectivity index (χ3n) is 6.00. The van der Waals surface area contributed by atoms with Gasteiger partial charge in [0.05, 0.1) is 13.2 Å². The standard InChI is InChI=1S/C23H30F2N4O2/c1-15(2)14-29-20-7-6-17(26-13-16-4-3-5-19(24)21(16)25)12-18(20)22(27-29)23(30)28-8-10-31-11-9-28/h3-5,15,17,26H,6-14H2,1-2H3/t17-/m1/s1. The molecule has 8 heteroatoms. The summed E-state index contributed by atoms with van der Waals surface area (Å²) in [6.07, 6.45) is 2.31. The van der Waals surface area contributed by atoms with Crippen LogP contribution in [-0.4, -0.2) is 52.9 Å². The third kappa shape index (κ3) is 4.80. The number of nitrogens with zero attached hydrogens (tertiary/aromatic N) is 3. The van der Waals surface area contributed by atoms with Gasteiger partial charge in [0.2, 0.25) is 0 Å². The van der Waals surface area contributed by atoms with Gasteiger partial charge in [-0.2, -0.15) is 5.10 Å². The number of ether oxygens (including phenoxy) is 1. The lowest BCUT2D eigenvalue weighted by atomic mass is 9.90. The van der Waals surface area contributed by atoms with Crippen molar-refractivity contribution in [1.29, 1.82) is 0 Å². The van der Waals surface area contributed by atoms with E-state index >= 15 is 0 Å². The van der Waals surface area contributed by atoms with E-state index in [0.717, 1.165) is 36.7 Å². The van der Waals surface area contributed by atoms with E-state index in [1.807, 2.05) is 9.58 Å². The molecule has 168 valence electrons. The van der Waals surface area contributed by atoms with E-state index in [-0.39, 0.29) is 18.5 Å². The Morgan fingerprint density at radius 3 is 2.81 bits per heavy atom. The van der Waals surface area contributed by atoms with Gasteiger partial charge in [-0.1, -0.05) is 26.0 Å². The summed E-state index contributed by atoms with van der Waals surface area (Å²) in [6, 6.07) is 4.30. The average molecular weight is 433 g/mol. The molecule has 6 nitrogen and oxygen atoms in total. The molecular formula is C23H30F2N4O2. The zero-order valence-corrected chi connectivity index (χ0v) is 18.2. The van der Waals surface area contributed by atoms with E-state index < -0.39 is 11.6 Å². The molecule has 1 aliphatic heterocycles. The second kappa shape index (κ2) is 9.44. The minimum absolute atomic E-state index is 0.0427. The van der Waals surface area contributed by atoms with Gasteiger partial charge in [-0.25, -0.2) is 8.78 Å². The van der Waals surface area contributed by atoms with Crippen LogP contribution < -0.4 is 5.32 Å². The lowest BCUT2D eigenvalue weighted by molar-refractivity contribution is 0.0297. The van der Waals surface area contributed by atoms with E-state index in [0.29, 0.717) is 49.9 Å². The van der Waals surface area contributed by atoms with Crippen LogP contribution in [0.1, 0.15) is 47.6 Å². The minimum atomic E-state index is -0.835. The number of hydrogen-bond donors (Lipinski definition) is 1. The summed E-state index contributed by atoms with van der Waals surface area (Å²) in [4.78, 5) is 15.0. The molecule has 1 N–H and O–H groups in total. The van der Waals surface area contributed by atoms with Gasteiger partial charge in [-0.15, -0.1) is 0 Å². The van der Waals surface area contributed by atoms with Gasteiger partial charge in [0.1, 0.15) is 0 Å². The molecule has 1 aromatic carbocycles. The maximum absolute atomic E-state index is 14.0. The lowest BCUT2D eigenvalue weighted by Gasteiger charge is -2.28. The maximum atomic E-state index is 14.0. The summed E-state index contributed by atoms with van der Waals surface area (Å²) >= 11 is 0. The van der Waals surface area contributed by atoms with Crippen molar-refractivity contribution in [2.24, 2.45) is 5.92 Å². The number of hydrogen-bond acceptors (Lipinski definition) is 4. The second-order valence-corrected chi connectivity index (χ2v) is 8.79. The van der Waals surface area contributed by atoms with E-state index in [1.165, 1.54) is 6.07 Å². The molecule has 0 bridgehead atoms. The van der Waals surface area contributed by atoms with Crippen LogP contribution in [0.3, 0.4) is 0 Å². The van der Waals surface area contributed by atoms with Crippen molar-refractivity contribution in [3.63, 3.8) is 0 Å². The first-order valence-electron chi connectivity index (χ1n) is 11.1. The molecule has 0 saturated carbocycles. The molecule has 0 spiro atoms. The van der Waals surface area contributed by atoms with Gasteiger partial charge in [-0.05, 0) is 31.2 Å². The molecule has 1 aliphatic carbocycles. The lowest BCUT2D eigenvalue weighted by Crippen LogP contribution is -2.41. The highest BCUT2D eigenvalue weighted by Crippen LogP contribution is 2.27. The van der Waals surface area contributed by atoms with Crippen LogP contribution in [0.2, 0.25) is 0 Å². The van der Waals surface area contributed by atoms with Crippen LogP contribution in [-0.2, 0) is 30.7 Å². The average Bonchev–Trinajstić information content (AvgIpc) is 3.12. The van der Waals surface area contributed by atoms with Crippen molar-refractivity contribution < 1.29 is 18.3 Å². The van der Waals surface area contributed by atoms with Gasteiger partial charge >= 0.3 is 0 Å². The fourth-order valence-electron chi connectivity index (χ4n) is 4.39. The Labute approximate surface area is 181 Å². The zero-order valence-electron chi connectivity index (χ0n) is 18.2. The number of amides is 1. The van der Waals surface area contributed by atoms with E-state index in [9.17, 15) is 13.6 Å². The number of halogens is 2. The number of carbonyl (C=O) groups is 1. The van der Waals surface area contributed by atoms with Crippen LogP contribution in [0, 0.1) is 17.6 Å². The number of morpholine rings is 1. The van der Waals surface area contributed by atoms with E-state index in [1.54, 1.807) is 6.07 Å². The van der Waals surface area contributed by atoms with Crippen molar-refractivity contribution >= 4 is 5.91 Å². The van der Waals surface area contributed by atoms with Gasteiger partial charge in [0.15, 0.2) is 17.3 Å². The highest BCUT2D eigenvalue weighted by atomic mass is 19.2. The molecule has 2 aliphatic rings. The Hall–Kier alpha value is -2.32. The van der Waals surface area contributed by atoms with Crippen molar-refractivity contribution in [2.75, 3.05) is 26.3 Å². The fourth-order valence-corrected chi connectivity index (χ4v) is 4.39. The molecule has 0 radical (unpaired) electrons. The topological polar surface area (TPSA) is 59.4 Å². The maximum Gasteiger partial charge on any atom is 0.274 e. The summed E-state index contributed by atoms with van der Waals surface area (Å²) in [6.45, 7) is 7.53. The quantitative estimate of drug-likeness (QED) is 0.763. The first-order chi connectivity index (χ1) is 14.9. The Kier molecular flexibility index (Phi) is 6.67. The van der Waals surface area contributed by atoms with E-state index in [2.05, 4.69) is 19.2 Å². The van der Waals surface area contributed by atoms with Crippen LogP contribution in [0.5, 0.6) is 0 Å². The largest absolute Gasteiger partial charge is 0.378 e. The molecule has 2 heterocycles. The third-order valence-corrected chi connectivity index (χ3v) is 6.00. The second-order valence-electron chi connectivity index (χ2n) is 8.79. The predicted octanol–water partition coefficient (Wildman–Crippen LogP) is 2.94. The molecule has 2 aromatic rings. The molecule has 1 aromatic heterocycles. The number of aromatic nitrogens is 2. The fraction of sp³-hybridized carbons (Fsp3) is 0.565. The van der Waals surface area contributed by atoms with Crippen molar-refractivity contribution in [3.8, 4) is 0 Å². The Balaban J connectivity index is 1.53. The van der Waals surface area contributed by atoms with Crippen molar-refractivity contribution in [2.45, 2.75) is 52.2 Å². The smallest absolute Gasteiger partial charge is 0.274 e. The van der Waals surface area contributed by atoms with Crippen LogP contribution >= 0.6 is 0 Å². The molecule has 4 rings (SSSR count). The summed E-state index contributed by atoms with van der Waals surface area (Å²) in [5.74, 6) is -1.26. The van der Waals surface area contributed by atoms with Crippen molar-refractivity contribution in [3.05, 3.63) is 52.3 Å². The minimum Gasteiger partial charge on any atom is -0.378 e. The number of benzene rings is 1. The highest BCUT2D eigenvalue weighted by Gasteiger charge is 2.31. The number of rotatable bonds is 6. The summed E-state index contributed by atoms with van der Waals surface area (Å²) in [7, 11) is 0. The van der Waals surface area contributed by atoms with Gasteiger partial charge in [0, 0.05) is 49.0 Å². The molecule has 0 unspecified atom stereocenters. The molecule has 1 atom stereocenters. The van der Waals surface area contributed by atoms with Crippen LogP contribution in [0.15, 0.2) is 18.2 Å². The Morgan fingerprint density at radius 1 is 1.29 bits per heavy atom. The molecular weight excluding hydrogens is 402 g/mol. The first-order valence-corrected chi connectivity index (χ1v) is 11.1. The summed E-state index contributed by atoms with van der Waals surface area (Å²) < 4.78 is 34.9. The van der Waals surface area contributed by atoms with Crippen LogP contribution in [0.25, 0.3) is 0 Å². The molecule has 1 saturated heterocycles. The van der Waals surface area contributed by atoms with Gasteiger partial charge in [-0.3, -0.25) is 9.48 Å². The number of carbonyl (C=O) groups excluding carboxylic acids is 1. The normalized spacial score (nSPS) is 19.0.